The molecule has 1 aliphatic heterocycles. The Bertz CT molecular complexity index is 558. The number of carbonyl (C=O) groups excluding carboxylic acids is 1. The molecule has 1 fully saturated rings. The van der Waals surface area contributed by atoms with Crippen LogP contribution >= 0.6 is 23.2 Å². The second-order valence-electron chi connectivity index (χ2n) is 6.67. The summed E-state index contributed by atoms with van der Waals surface area (Å²) in [6, 6.07) is 5.25. The molecule has 1 aliphatic rings. The van der Waals surface area contributed by atoms with Crippen molar-refractivity contribution >= 4 is 29.3 Å². The molecule has 0 saturated carbocycles. The topological polar surface area (TPSA) is 55.6 Å². The average molecular weight is 345 g/mol. The van der Waals surface area contributed by atoms with E-state index in [-0.39, 0.29) is 18.1 Å². The van der Waals surface area contributed by atoms with Gasteiger partial charge in [0.15, 0.2) is 0 Å². The number of likely N-dealkylation sites (tertiary alicyclic amines) is 1. The van der Waals surface area contributed by atoms with Crippen molar-refractivity contribution in [2.75, 3.05) is 13.1 Å². The fourth-order valence-electron chi connectivity index (χ4n) is 2.56. The number of nitrogens with zero attached hydrogens (tertiary/aromatic N) is 1. The number of amides is 1. The van der Waals surface area contributed by atoms with E-state index in [4.69, 9.17) is 33.7 Å². The van der Waals surface area contributed by atoms with E-state index in [2.05, 4.69) is 0 Å². The number of ether oxygens (including phenoxy) is 1. The number of carbonyl (C=O) groups is 1. The molecule has 0 radical (unpaired) electrons. The van der Waals surface area contributed by atoms with E-state index < -0.39 is 5.60 Å². The second-order valence-corrected chi connectivity index (χ2v) is 7.49. The van der Waals surface area contributed by atoms with Crippen molar-refractivity contribution in [3.05, 3.63) is 33.8 Å². The first-order chi connectivity index (χ1) is 10.2. The molecule has 1 aromatic carbocycles. The van der Waals surface area contributed by atoms with Crippen LogP contribution in [-0.2, 0) is 4.74 Å². The SMILES string of the molecule is CC(C)(C)OC(=O)N1CCC(C(N)c2ccc(Cl)c(Cl)c2)C1. The summed E-state index contributed by atoms with van der Waals surface area (Å²) in [5, 5.41) is 1.01. The molecule has 0 spiro atoms. The monoisotopic (exact) mass is 344 g/mol. The highest BCUT2D eigenvalue weighted by Gasteiger charge is 2.33. The number of halogens is 2. The van der Waals surface area contributed by atoms with Crippen molar-refractivity contribution in [2.45, 2.75) is 38.8 Å². The third-order valence-corrected chi connectivity index (χ3v) is 4.45. The van der Waals surface area contributed by atoms with Crippen LogP contribution in [0, 0.1) is 5.92 Å². The lowest BCUT2D eigenvalue weighted by atomic mass is 9.93. The summed E-state index contributed by atoms with van der Waals surface area (Å²) >= 11 is 12.0. The Morgan fingerprint density at radius 1 is 1.36 bits per heavy atom. The van der Waals surface area contributed by atoms with Crippen molar-refractivity contribution < 1.29 is 9.53 Å². The van der Waals surface area contributed by atoms with Gasteiger partial charge >= 0.3 is 6.09 Å². The Hall–Kier alpha value is -0.970. The van der Waals surface area contributed by atoms with Gasteiger partial charge in [-0.3, -0.25) is 0 Å². The highest BCUT2D eigenvalue weighted by Crippen LogP contribution is 2.32. The number of nitrogens with two attached hydrogens (primary N) is 1. The van der Waals surface area contributed by atoms with Crippen molar-refractivity contribution in [1.82, 2.24) is 4.90 Å². The first kappa shape index (κ1) is 17.4. The van der Waals surface area contributed by atoms with Crippen LogP contribution in [0.1, 0.15) is 38.8 Å². The Balaban J connectivity index is 2.00. The van der Waals surface area contributed by atoms with E-state index in [1.54, 1.807) is 17.0 Å². The Labute approximate surface area is 141 Å². The minimum absolute atomic E-state index is 0.179. The van der Waals surface area contributed by atoms with Crippen LogP contribution in [0.2, 0.25) is 10.0 Å². The van der Waals surface area contributed by atoms with Gasteiger partial charge < -0.3 is 15.4 Å². The summed E-state index contributed by atoms with van der Waals surface area (Å²) in [5.41, 5.74) is 6.78. The maximum Gasteiger partial charge on any atom is 0.410 e. The minimum Gasteiger partial charge on any atom is -0.444 e. The normalized spacial score (nSPS) is 20.1. The fourth-order valence-corrected chi connectivity index (χ4v) is 2.87. The number of benzene rings is 1. The summed E-state index contributed by atoms with van der Waals surface area (Å²) in [6.07, 6.45) is 0.567. The maximum absolute atomic E-state index is 12.1. The Kier molecular flexibility index (Phi) is 5.25. The molecule has 1 amide bonds. The van der Waals surface area contributed by atoms with E-state index in [1.807, 2.05) is 26.8 Å². The maximum atomic E-state index is 12.1. The molecule has 1 saturated heterocycles. The molecule has 6 heteroatoms. The summed E-state index contributed by atoms with van der Waals surface area (Å²) in [5.74, 6) is 0.185. The molecule has 1 heterocycles. The highest BCUT2D eigenvalue weighted by molar-refractivity contribution is 6.42. The third-order valence-electron chi connectivity index (χ3n) is 3.71. The highest BCUT2D eigenvalue weighted by atomic mass is 35.5. The van der Waals surface area contributed by atoms with Gasteiger partial charge in [-0.1, -0.05) is 29.3 Å². The summed E-state index contributed by atoms with van der Waals surface area (Å²) in [4.78, 5) is 13.8. The van der Waals surface area contributed by atoms with Gasteiger partial charge in [0.2, 0.25) is 0 Å². The van der Waals surface area contributed by atoms with Crippen LogP contribution in [0.25, 0.3) is 0 Å². The molecule has 22 heavy (non-hydrogen) atoms. The molecular formula is C16H22Cl2N2O2. The van der Waals surface area contributed by atoms with Gasteiger partial charge in [0.25, 0.3) is 0 Å². The summed E-state index contributed by atoms with van der Waals surface area (Å²) < 4.78 is 5.40. The molecule has 122 valence electrons. The lowest BCUT2D eigenvalue weighted by Crippen LogP contribution is -2.36. The summed E-state index contributed by atoms with van der Waals surface area (Å²) in [6.45, 7) is 6.84. The second kappa shape index (κ2) is 6.65. The Morgan fingerprint density at radius 3 is 2.64 bits per heavy atom. The number of hydrogen-bond donors (Lipinski definition) is 1. The molecule has 2 atom stereocenters. The van der Waals surface area contributed by atoms with Gasteiger partial charge in [-0.2, -0.15) is 0 Å². The predicted molar refractivity (Wildman–Crippen MR) is 89.3 cm³/mol. The largest absolute Gasteiger partial charge is 0.444 e. The molecule has 0 aromatic heterocycles. The van der Waals surface area contributed by atoms with E-state index in [0.717, 1.165) is 12.0 Å². The van der Waals surface area contributed by atoms with E-state index in [9.17, 15) is 4.79 Å². The summed E-state index contributed by atoms with van der Waals surface area (Å²) in [7, 11) is 0. The first-order valence-electron chi connectivity index (χ1n) is 7.36. The quantitative estimate of drug-likeness (QED) is 0.872. The van der Waals surface area contributed by atoms with Gasteiger partial charge in [0.05, 0.1) is 10.0 Å². The Morgan fingerprint density at radius 2 is 2.05 bits per heavy atom. The van der Waals surface area contributed by atoms with Gasteiger partial charge in [0.1, 0.15) is 5.60 Å². The van der Waals surface area contributed by atoms with E-state index in [1.165, 1.54) is 0 Å². The molecule has 0 aliphatic carbocycles. The lowest BCUT2D eigenvalue weighted by molar-refractivity contribution is 0.0286. The molecular weight excluding hydrogens is 323 g/mol. The van der Waals surface area contributed by atoms with Crippen LogP contribution in [0.4, 0.5) is 4.79 Å². The molecule has 0 bridgehead atoms. The van der Waals surface area contributed by atoms with Crippen molar-refractivity contribution in [2.24, 2.45) is 11.7 Å². The van der Waals surface area contributed by atoms with Crippen LogP contribution < -0.4 is 5.73 Å². The minimum atomic E-state index is -0.485. The van der Waals surface area contributed by atoms with Crippen LogP contribution in [0.3, 0.4) is 0 Å². The molecule has 2 rings (SSSR count). The predicted octanol–water partition coefficient (Wildman–Crippen LogP) is 4.25. The van der Waals surface area contributed by atoms with Crippen LogP contribution in [0.5, 0.6) is 0 Å². The van der Waals surface area contributed by atoms with Gasteiger partial charge in [-0.05, 0) is 50.8 Å². The lowest BCUT2D eigenvalue weighted by Gasteiger charge is -2.25. The van der Waals surface area contributed by atoms with E-state index in [0.29, 0.717) is 23.1 Å². The molecule has 4 nitrogen and oxygen atoms in total. The molecule has 2 N–H and O–H groups in total. The van der Waals surface area contributed by atoms with Gasteiger partial charge in [-0.25, -0.2) is 4.79 Å². The zero-order chi connectivity index (χ0) is 16.5. The number of rotatable bonds is 2. The van der Waals surface area contributed by atoms with Gasteiger partial charge in [-0.15, -0.1) is 0 Å². The smallest absolute Gasteiger partial charge is 0.410 e. The molecule has 1 aromatic rings. The zero-order valence-electron chi connectivity index (χ0n) is 13.1. The van der Waals surface area contributed by atoms with Crippen LogP contribution in [-0.4, -0.2) is 29.7 Å². The average Bonchev–Trinajstić information content (AvgIpc) is 2.89. The zero-order valence-corrected chi connectivity index (χ0v) is 14.6. The van der Waals surface area contributed by atoms with E-state index >= 15 is 0 Å². The van der Waals surface area contributed by atoms with Crippen molar-refractivity contribution in [1.29, 1.82) is 0 Å². The van der Waals surface area contributed by atoms with Crippen molar-refractivity contribution in [3.8, 4) is 0 Å². The fraction of sp³-hybridized carbons (Fsp3) is 0.562. The standard InChI is InChI=1S/C16H22Cl2N2O2/c1-16(2,3)22-15(21)20-7-6-11(9-20)14(19)10-4-5-12(17)13(18)8-10/h4-5,8,11,14H,6-7,9,19H2,1-3H3. The van der Waals surface area contributed by atoms with Crippen LogP contribution in [0.15, 0.2) is 18.2 Å². The molecule has 2 unspecified atom stereocenters. The number of hydrogen-bond acceptors (Lipinski definition) is 3. The van der Waals surface area contributed by atoms with Gasteiger partial charge in [0, 0.05) is 19.1 Å². The first-order valence-corrected chi connectivity index (χ1v) is 8.11. The van der Waals surface area contributed by atoms with Crippen molar-refractivity contribution in [3.63, 3.8) is 0 Å². The third kappa shape index (κ3) is 4.28.